The Morgan fingerprint density at radius 1 is 1.16 bits per heavy atom. The minimum Gasteiger partial charge on any atom is -0.350 e. The van der Waals surface area contributed by atoms with Gasteiger partial charge >= 0.3 is 0 Å². The van der Waals surface area contributed by atoms with Crippen molar-refractivity contribution in [3.05, 3.63) is 0 Å². The van der Waals surface area contributed by atoms with Gasteiger partial charge in [0.2, 0.25) is 5.91 Å². The lowest BCUT2D eigenvalue weighted by Gasteiger charge is -2.44. The number of fused-ring (bicyclic) bond motifs is 1. The Labute approximate surface area is 182 Å². The fraction of sp³-hybridized carbons (Fsp3) is 0.947. The van der Waals surface area contributed by atoms with Gasteiger partial charge in [-0.25, -0.2) is 14.8 Å². The zero-order valence-corrected chi connectivity index (χ0v) is 17.9. The summed E-state index contributed by atoms with van der Waals surface area (Å²) in [5, 5.41) is 14.9. The number of amides is 1. The topological polar surface area (TPSA) is 131 Å². The molecular weight excluding hydrogens is 405 g/mol. The number of nitrogens with zero attached hydrogens (tertiary/aromatic N) is 2. The summed E-state index contributed by atoms with van der Waals surface area (Å²) >= 11 is 0. The Morgan fingerprint density at radius 3 is 2.77 bits per heavy atom. The van der Waals surface area contributed by atoms with E-state index in [9.17, 15) is 9.18 Å². The van der Waals surface area contributed by atoms with Gasteiger partial charge in [0, 0.05) is 25.7 Å². The average molecular weight is 442 g/mol. The highest BCUT2D eigenvalue weighted by Crippen LogP contribution is 2.26. The van der Waals surface area contributed by atoms with Gasteiger partial charge in [0.1, 0.15) is 12.9 Å². The molecule has 8 N–H and O–H groups in total. The largest absolute Gasteiger partial charge is 0.350 e. The van der Waals surface area contributed by atoms with E-state index in [0.717, 1.165) is 45.4 Å². The molecule has 0 spiro atoms. The molecular formula is C19H36FN9O2. The van der Waals surface area contributed by atoms with Crippen molar-refractivity contribution in [2.24, 2.45) is 17.6 Å². The zero-order valence-electron chi connectivity index (χ0n) is 17.9. The number of rotatable bonds is 4. The smallest absolute Gasteiger partial charge is 0.229 e. The minimum atomic E-state index is -0.964. The molecule has 0 aromatic heterocycles. The van der Waals surface area contributed by atoms with E-state index in [1.165, 1.54) is 0 Å². The summed E-state index contributed by atoms with van der Waals surface area (Å²) in [6.45, 7) is 4.79. The molecule has 7 unspecified atom stereocenters. The van der Waals surface area contributed by atoms with Crippen LogP contribution in [0.3, 0.4) is 0 Å². The number of hydroxylamine groups is 1. The first kappa shape index (κ1) is 21.9. The number of hydrogen-bond donors (Lipinski definition) is 7. The van der Waals surface area contributed by atoms with Gasteiger partial charge in [-0.15, -0.1) is 0 Å². The second kappa shape index (κ2) is 9.49. The first-order valence-corrected chi connectivity index (χ1v) is 11.6. The molecule has 176 valence electrons. The van der Waals surface area contributed by atoms with Gasteiger partial charge in [-0.05, 0) is 44.8 Å². The van der Waals surface area contributed by atoms with Gasteiger partial charge in [0.05, 0.1) is 30.5 Å². The molecule has 31 heavy (non-hydrogen) atoms. The molecule has 0 saturated carbocycles. The van der Waals surface area contributed by atoms with Crippen molar-refractivity contribution in [1.82, 2.24) is 42.1 Å². The minimum absolute atomic E-state index is 0.0302. The Kier molecular flexibility index (Phi) is 6.70. The zero-order chi connectivity index (χ0) is 21.4. The Balaban J connectivity index is 1.18. The molecule has 0 aliphatic carbocycles. The third-order valence-electron chi connectivity index (χ3n) is 7.50. The van der Waals surface area contributed by atoms with E-state index in [1.807, 2.05) is 0 Å². The van der Waals surface area contributed by atoms with Crippen LogP contribution in [0.5, 0.6) is 0 Å². The predicted molar refractivity (Wildman–Crippen MR) is 112 cm³/mol. The highest BCUT2D eigenvalue weighted by molar-refractivity contribution is 5.81. The van der Waals surface area contributed by atoms with Crippen molar-refractivity contribution in [3.8, 4) is 0 Å². The van der Waals surface area contributed by atoms with Crippen molar-refractivity contribution >= 4 is 5.91 Å². The maximum atomic E-state index is 13.7. The standard InChI is InChI=1S/C19H36FN9O2/c20-12-7-23-18-15(16(21)26-29(18)9-12)19(30)25-13-8-22-4-1-14(13)28-5-2-11(3-6-28)17-24-10-31-27-17/h11-18,22-24,26-27H,1-10,21H2,(H,25,30). The van der Waals surface area contributed by atoms with Crippen LogP contribution in [-0.4, -0.2) is 98.6 Å². The summed E-state index contributed by atoms with van der Waals surface area (Å²) in [6.07, 6.45) is 1.67. The molecule has 5 fully saturated rings. The van der Waals surface area contributed by atoms with E-state index < -0.39 is 18.3 Å². The molecule has 0 aromatic rings. The first-order chi connectivity index (χ1) is 15.1. The van der Waals surface area contributed by atoms with Crippen LogP contribution < -0.4 is 37.9 Å². The molecule has 5 aliphatic heterocycles. The lowest BCUT2D eigenvalue weighted by atomic mass is 9.90. The Hall–Kier alpha value is -0.960. The number of carbonyl (C=O) groups is 1. The van der Waals surface area contributed by atoms with Crippen LogP contribution >= 0.6 is 0 Å². The van der Waals surface area contributed by atoms with Gasteiger partial charge in [0.25, 0.3) is 0 Å². The third kappa shape index (κ3) is 4.59. The third-order valence-corrected chi connectivity index (χ3v) is 7.50. The summed E-state index contributed by atoms with van der Waals surface area (Å²) in [5.41, 5.74) is 12.3. The predicted octanol–water partition coefficient (Wildman–Crippen LogP) is -3.06. The summed E-state index contributed by atoms with van der Waals surface area (Å²) in [7, 11) is 0. The van der Waals surface area contributed by atoms with Gasteiger partial charge in [-0.3, -0.25) is 25.2 Å². The maximum Gasteiger partial charge on any atom is 0.229 e. The number of hydrogen-bond acceptors (Lipinski definition) is 10. The lowest BCUT2D eigenvalue weighted by molar-refractivity contribution is -0.128. The molecule has 5 saturated heterocycles. The van der Waals surface area contributed by atoms with Crippen molar-refractivity contribution in [2.45, 2.75) is 56.0 Å². The fourth-order valence-corrected chi connectivity index (χ4v) is 5.84. The number of halogens is 1. The highest BCUT2D eigenvalue weighted by atomic mass is 19.1. The Morgan fingerprint density at radius 2 is 2.00 bits per heavy atom. The lowest BCUT2D eigenvalue weighted by Crippen LogP contribution is -2.64. The monoisotopic (exact) mass is 441 g/mol. The van der Waals surface area contributed by atoms with Crippen LogP contribution in [0.25, 0.3) is 0 Å². The van der Waals surface area contributed by atoms with Crippen LogP contribution in [0.1, 0.15) is 19.3 Å². The molecule has 5 heterocycles. The second-order valence-corrected chi connectivity index (χ2v) is 9.42. The molecule has 5 rings (SSSR count). The van der Waals surface area contributed by atoms with Crippen molar-refractivity contribution in [3.63, 3.8) is 0 Å². The van der Waals surface area contributed by atoms with Gasteiger partial charge < -0.3 is 16.4 Å². The average Bonchev–Trinajstić information content (AvgIpc) is 3.41. The Bertz CT molecular complexity index is 631. The summed E-state index contributed by atoms with van der Waals surface area (Å²) < 4.78 is 13.7. The SMILES string of the molecule is NC1NN2CC(F)CNC2C1C(=O)NC1CNCCC1N1CCC(C2NCON2)CC1. The van der Waals surface area contributed by atoms with E-state index >= 15 is 0 Å². The summed E-state index contributed by atoms with van der Waals surface area (Å²) in [4.78, 5) is 21.0. The molecule has 0 aromatic carbocycles. The van der Waals surface area contributed by atoms with E-state index in [-0.39, 0.29) is 37.4 Å². The van der Waals surface area contributed by atoms with E-state index in [2.05, 4.69) is 37.1 Å². The molecule has 7 atom stereocenters. The van der Waals surface area contributed by atoms with E-state index in [1.54, 1.807) is 5.01 Å². The maximum absolute atomic E-state index is 13.7. The van der Waals surface area contributed by atoms with Crippen molar-refractivity contribution < 1.29 is 14.0 Å². The number of likely N-dealkylation sites (tertiary alicyclic amines) is 1. The number of nitrogens with one attached hydrogen (secondary N) is 6. The molecule has 5 aliphatic rings. The number of alkyl halides is 1. The molecule has 0 radical (unpaired) electrons. The number of piperidine rings is 2. The van der Waals surface area contributed by atoms with E-state index in [4.69, 9.17) is 10.6 Å². The summed E-state index contributed by atoms with van der Waals surface area (Å²) in [5.74, 6) is 0.0292. The highest BCUT2D eigenvalue weighted by Gasteiger charge is 2.48. The van der Waals surface area contributed by atoms with Gasteiger partial charge in [-0.1, -0.05) is 0 Å². The van der Waals surface area contributed by atoms with Crippen molar-refractivity contribution in [1.29, 1.82) is 0 Å². The summed E-state index contributed by atoms with van der Waals surface area (Å²) in [6, 6.07) is 0.339. The van der Waals surface area contributed by atoms with Crippen LogP contribution in [0.15, 0.2) is 0 Å². The van der Waals surface area contributed by atoms with Crippen LogP contribution in [0.2, 0.25) is 0 Å². The van der Waals surface area contributed by atoms with Crippen molar-refractivity contribution in [2.75, 3.05) is 46.0 Å². The van der Waals surface area contributed by atoms with Gasteiger partial charge in [0.15, 0.2) is 0 Å². The quantitative estimate of drug-likeness (QED) is 0.241. The second-order valence-electron chi connectivity index (χ2n) is 9.42. The molecule has 1 amide bonds. The molecule has 0 bridgehead atoms. The molecule has 11 nitrogen and oxygen atoms in total. The van der Waals surface area contributed by atoms with Crippen LogP contribution in [0, 0.1) is 11.8 Å². The van der Waals surface area contributed by atoms with Crippen LogP contribution in [-0.2, 0) is 9.63 Å². The normalized spacial score (nSPS) is 43.1. The first-order valence-electron chi connectivity index (χ1n) is 11.6. The van der Waals surface area contributed by atoms with Gasteiger partial charge in [-0.2, -0.15) is 5.48 Å². The number of nitrogens with two attached hydrogens (primary N) is 1. The number of hydrazine groups is 1. The fourth-order valence-electron chi connectivity index (χ4n) is 5.84. The van der Waals surface area contributed by atoms with Crippen LogP contribution in [0.4, 0.5) is 4.39 Å². The number of carbonyl (C=O) groups excluding carboxylic acids is 1. The molecule has 12 heteroatoms. The van der Waals surface area contributed by atoms with E-state index in [0.29, 0.717) is 18.7 Å².